The Labute approximate surface area is 189 Å². The first-order chi connectivity index (χ1) is 16.1. The second kappa shape index (κ2) is 9.13. The van der Waals surface area contributed by atoms with Gasteiger partial charge >= 0.3 is 0 Å². The highest BCUT2D eigenvalue weighted by atomic mass is 16.5. The molecule has 6 rings (SSSR count). The van der Waals surface area contributed by atoms with E-state index in [4.69, 9.17) is 9.15 Å². The molecule has 1 saturated heterocycles. The summed E-state index contributed by atoms with van der Waals surface area (Å²) >= 11 is 0. The van der Waals surface area contributed by atoms with E-state index >= 15 is 0 Å². The molecule has 2 fully saturated rings. The maximum atomic E-state index is 12.1. The maximum absolute atomic E-state index is 12.1. The summed E-state index contributed by atoms with van der Waals surface area (Å²) in [5.41, 5.74) is 3.04. The fourth-order valence-electron chi connectivity index (χ4n) is 3.81. The van der Waals surface area contributed by atoms with Crippen molar-refractivity contribution in [3.63, 3.8) is 0 Å². The molecule has 0 amide bonds. The molecular weight excluding hydrogens is 422 g/mol. The average Bonchev–Trinajstić information content (AvgIpc) is 3.53. The number of aromatic nitrogens is 3. The summed E-state index contributed by atoms with van der Waals surface area (Å²) in [4.78, 5) is 36.3. The van der Waals surface area contributed by atoms with Crippen molar-refractivity contribution in [2.45, 2.75) is 31.5 Å². The minimum Gasteiger partial charge on any atom is -0.486 e. The molecule has 0 aromatic carbocycles. The number of H-pyrrole nitrogens is 1. The maximum Gasteiger partial charge on any atom is 0.259 e. The van der Waals surface area contributed by atoms with Crippen LogP contribution in [0.2, 0.25) is 0 Å². The molecule has 170 valence electrons. The van der Waals surface area contributed by atoms with Crippen molar-refractivity contribution in [2.24, 2.45) is 0 Å². The molecule has 2 N–H and O–H groups in total. The van der Waals surface area contributed by atoms with E-state index in [9.17, 15) is 9.59 Å². The number of fused-ring (bicyclic) bond motifs is 3. The van der Waals surface area contributed by atoms with Crippen LogP contribution >= 0.6 is 0 Å². The summed E-state index contributed by atoms with van der Waals surface area (Å²) in [7, 11) is 2.01. The zero-order valence-electron chi connectivity index (χ0n) is 18.3. The van der Waals surface area contributed by atoms with Crippen molar-refractivity contribution < 1.29 is 13.9 Å². The van der Waals surface area contributed by atoms with Crippen molar-refractivity contribution in [3.05, 3.63) is 64.5 Å². The van der Waals surface area contributed by atoms with Crippen molar-refractivity contribution >= 4 is 28.3 Å². The lowest BCUT2D eigenvalue weighted by Crippen LogP contribution is -2.53. The van der Waals surface area contributed by atoms with Crippen LogP contribution in [0.4, 0.5) is 0 Å². The van der Waals surface area contributed by atoms with E-state index in [-0.39, 0.29) is 11.7 Å². The Kier molecular flexibility index (Phi) is 5.89. The third-order valence-corrected chi connectivity index (χ3v) is 5.82. The molecule has 1 saturated carbocycles. The fourth-order valence-corrected chi connectivity index (χ4v) is 3.81. The van der Waals surface area contributed by atoms with Gasteiger partial charge in [-0.3, -0.25) is 19.5 Å². The van der Waals surface area contributed by atoms with Gasteiger partial charge < -0.3 is 19.5 Å². The lowest BCUT2D eigenvalue weighted by Gasteiger charge is -2.38. The molecular formula is C24H25N5O4. The lowest BCUT2D eigenvalue weighted by atomic mass is 10.1. The number of ether oxygens (including phenoxy) is 1. The number of likely N-dealkylation sites (tertiary alicyclic amines) is 1. The number of rotatable bonds is 6. The Bertz CT molecular complexity index is 1320. The van der Waals surface area contributed by atoms with Crippen LogP contribution in [0.25, 0.3) is 22.0 Å². The van der Waals surface area contributed by atoms with Crippen molar-refractivity contribution in [1.82, 2.24) is 25.2 Å². The van der Waals surface area contributed by atoms with Crippen LogP contribution in [-0.4, -0.2) is 58.4 Å². The Morgan fingerprint density at radius 1 is 1.24 bits per heavy atom. The van der Waals surface area contributed by atoms with E-state index in [1.54, 1.807) is 30.6 Å². The van der Waals surface area contributed by atoms with Gasteiger partial charge in [-0.05, 0) is 49.7 Å². The van der Waals surface area contributed by atoms with Crippen LogP contribution in [0, 0.1) is 0 Å². The van der Waals surface area contributed by atoms with Gasteiger partial charge in [-0.25, -0.2) is 4.98 Å². The molecule has 0 bridgehead atoms. The Balaban J connectivity index is 0.000000406. The minimum absolute atomic E-state index is 0.0832. The Morgan fingerprint density at radius 3 is 2.76 bits per heavy atom. The second-order valence-electron chi connectivity index (χ2n) is 8.39. The van der Waals surface area contributed by atoms with Gasteiger partial charge in [-0.15, -0.1) is 0 Å². The van der Waals surface area contributed by atoms with Crippen LogP contribution in [0.15, 0.2) is 52.1 Å². The molecule has 1 aliphatic heterocycles. The van der Waals surface area contributed by atoms with Gasteiger partial charge in [0, 0.05) is 31.9 Å². The molecule has 9 nitrogen and oxygen atoms in total. The van der Waals surface area contributed by atoms with Gasteiger partial charge in [0.1, 0.15) is 23.1 Å². The number of nitrogens with zero attached hydrogens (tertiary/aromatic N) is 3. The lowest BCUT2D eigenvalue weighted by molar-refractivity contribution is 0.0143. The first-order valence-corrected chi connectivity index (χ1v) is 11.0. The van der Waals surface area contributed by atoms with E-state index in [0.29, 0.717) is 46.3 Å². The molecule has 0 spiro atoms. The van der Waals surface area contributed by atoms with Crippen LogP contribution in [0.5, 0.6) is 5.75 Å². The van der Waals surface area contributed by atoms with E-state index in [0.717, 1.165) is 24.7 Å². The summed E-state index contributed by atoms with van der Waals surface area (Å²) in [6, 6.07) is 7.84. The molecule has 33 heavy (non-hydrogen) atoms. The summed E-state index contributed by atoms with van der Waals surface area (Å²) in [6.07, 6.45) is 8.45. The molecule has 0 unspecified atom stereocenters. The molecule has 0 atom stereocenters. The Morgan fingerprint density at radius 2 is 2.09 bits per heavy atom. The predicted molar refractivity (Wildman–Crippen MR) is 124 cm³/mol. The van der Waals surface area contributed by atoms with Crippen LogP contribution in [0.1, 0.15) is 28.9 Å². The first-order valence-electron chi connectivity index (χ1n) is 11.0. The van der Waals surface area contributed by atoms with Crippen LogP contribution < -0.4 is 15.6 Å². The summed E-state index contributed by atoms with van der Waals surface area (Å²) in [5, 5.41) is 3.64. The number of aldehydes is 1. The Hall–Kier alpha value is -3.56. The molecule has 4 aromatic heterocycles. The summed E-state index contributed by atoms with van der Waals surface area (Å²) in [6.45, 7) is 2.27. The summed E-state index contributed by atoms with van der Waals surface area (Å²) in [5.74, 6) is 0.655. The van der Waals surface area contributed by atoms with Gasteiger partial charge in [0.05, 0.1) is 23.4 Å². The molecule has 0 radical (unpaired) electrons. The van der Waals surface area contributed by atoms with Gasteiger partial charge in [-0.1, -0.05) is 0 Å². The minimum atomic E-state index is -0.179. The summed E-state index contributed by atoms with van der Waals surface area (Å²) < 4.78 is 11.3. The average molecular weight is 447 g/mol. The van der Waals surface area contributed by atoms with E-state index in [1.807, 2.05) is 13.1 Å². The van der Waals surface area contributed by atoms with Crippen molar-refractivity contribution in [2.75, 3.05) is 20.1 Å². The van der Waals surface area contributed by atoms with Gasteiger partial charge in [0.25, 0.3) is 5.56 Å². The van der Waals surface area contributed by atoms with E-state index in [1.165, 1.54) is 19.1 Å². The molecule has 4 aromatic rings. The number of pyridine rings is 3. The molecule has 5 heterocycles. The normalized spacial score (nSPS) is 16.3. The third kappa shape index (κ3) is 4.79. The molecule has 1 aliphatic carbocycles. The van der Waals surface area contributed by atoms with Gasteiger partial charge in [0.15, 0.2) is 11.9 Å². The third-order valence-electron chi connectivity index (χ3n) is 5.82. The van der Waals surface area contributed by atoms with Crippen molar-refractivity contribution in [1.29, 1.82) is 0 Å². The van der Waals surface area contributed by atoms with Gasteiger partial charge in [0.2, 0.25) is 0 Å². The number of furan rings is 1. The van der Waals surface area contributed by atoms with Gasteiger partial charge in [-0.2, -0.15) is 0 Å². The highest BCUT2D eigenvalue weighted by molar-refractivity contribution is 5.99. The topological polar surface area (TPSA) is 113 Å². The number of nitrogens with one attached hydrogen (secondary N) is 2. The first kappa shape index (κ1) is 21.3. The highest BCUT2D eigenvalue weighted by Crippen LogP contribution is 2.23. The molecule has 2 aliphatic rings. The molecule has 9 heteroatoms. The zero-order valence-corrected chi connectivity index (χ0v) is 18.3. The largest absolute Gasteiger partial charge is 0.486 e. The number of carbonyl (C=O) groups excluding carboxylic acids is 1. The van der Waals surface area contributed by atoms with E-state index in [2.05, 4.69) is 25.2 Å². The standard InChI is InChI=1S/C20H16N4O4.C4H9N/c25-11-13-1-2-14(7-21-13)28-15-9-24(10-15)8-12-5-17-18(22-6-12)19-16(3-4-27-19)20(26)23-17;1-5-4-2-3-4/h1-7,11,15H,8-10H2,(H,23,26);4-5H,2-3H2,1H3. The zero-order chi connectivity index (χ0) is 22.8. The SMILES string of the molecule is CNC1CC1.O=Cc1ccc(OC2CN(Cc3cnc4c(c3)[nH]c(=O)c3ccoc34)C2)cn1. The van der Waals surface area contributed by atoms with E-state index < -0.39 is 0 Å². The number of hydrogen-bond acceptors (Lipinski definition) is 8. The predicted octanol–water partition coefficient (Wildman–Crippen LogP) is 2.51. The van der Waals surface area contributed by atoms with Crippen LogP contribution in [0.3, 0.4) is 0 Å². The fraction of sp³-hybridized carbons (Fsp3) is 0.333. The highest BCUT2D eigenvalue weighted by Gasteiger charge is 2.28. The second-order valence-corrected chi connectivity index (χ2v) is 8.39. The van der Waals surface area contributed by atoms with Crippen LogP contribution in [-0.2, 0) is 6.54 Å². The number of carbonyl (C=O) groups is 1. The quantitative estimate of drug-likeness (QED) is 0.434. The smallest absolute Gasteiger partial charge is 0.259 e. The monoisotopic (exact) mass is 447 g/mol. The van der Waals surface area contributed by atoms with Crippen molar-refractivity contribution in [3.8, 4) is 5.75 Å². The number of aromatic amines is 1. The number of hydrogen-bond donors (Lipinski definition) is 2.